The van der Waals surface area contributed by atoms with Gasteiger partial charge in [-0.1, -0.05) is 18.3 Å². The molecule has 0 saturated carbocycles. The third kappa shape index (κ3) is 4.61. The summed E-state index contributed by atoms with van der Waals surface area (Å²) in [6.07, 6.45) is 1.86. The lowest BCUT2D eigenvalue weighted by atomic mass is 10.0. The van der Waals surface area contributed by atoms with Gasteiger partial charge in [-0.05, 0) is 56.0 Å². The van der Waals surface area contributed by atoms with E-state index in [2.05, 4.69) is 4.99 Å². The fraction of sp³-hybridized carbons (Fsp3) is 0.364. The van der Waals surface area contributed by atoms with Crippen LogP contribution in [0.1, 0.15) is 37.0 Å². The predicted octanol–water partition coefficient (Wildman–Crippen LogP) is 3.79. The summed E-state index contributed by atoms with van der Waals surface area (Å²) < 4.78 is 29.8. The molecule has 1 aliphatic heterocycles. The fourth-order valence-corrected chi connectivity index (χ4v) is 6.72. The van der Waals surface area contributed by atoms with Gasteiger partial charge in [0.25, 0.3) is 11.6 Å². The Bertz CT molecular complexity index is 1390. The Labute approximate surface area is 195 Å². The minimum Gasteiger partial charge on any atom is -0.317 e. The molecular weight excluding hydrogens is 464 g/mol. The van der Waals surface area contributed by atoms with E-state index in [1.165, 1.54) is 52.0 Å². The normalized spacial score (nSPS) is 18.0. The molecule has 2 heterocycles. The topological polar surface area (TPSA) is 115 Å². The minimum absolute atomic E-state index is 0.0234. The number of carbonyl (C=O) groups is 1. The molecule has 174 valence electrons. The molecule has 4 rings (SSSR count). The van der Waals surface area contributed by atoms with Crippen LogP contribution < -0.4 is 4.80 Å². The van der Waals surface area contributed by atoms with Crippen LogP contribution in [-0.2, 0) is 16.6 Å². The van der Waals surface area contributed by atoms with Crippen molar-refractivity contribution in [1.82, 2.24) is 8.87 Å². The molecule has 11 heteroatoms. The highest BCUT2D eigenvalue weighted by molar-refractivity contribution is 7.89. The quantitative estimate of drug-likeness (QED) is 0.400. The van der Waals surface area contributed by atoms with Crippen LogP contribution >= 0.6 is 11.3 Å². The number of carbonyl (C=O) groups excluding carboxylic acids is 1. The number of hydrogen-bond acceptors (Lipinski definition) is 6. The number of rotatable bonds is 5. The van der Waals surface area contributed by atoms with E-state index >= 15 is 0 Å². The number of benzene rings is 2. The molecule has 33 heavy (non-hydrogen) atoms. The number of piperidine rings is 1. The van der Waals surface area contributed by atoms with Crippen molar-refractivity contribution in [3.63, 3.8) is 0 Å². The molecular formula is C22H24N4O5S2. The first-order chi connectivity index (χ1) is 15.7. The summed E-state index contributed by atoms with van der Waals surface area (Å²) in [5.74, 6) is -0.185. The number of aryl methyl sites for hydroxylation is 1. The fourth-order valence-electron chi connectivity index (χ4n) is 4.00. The molecule has 1 fully saturated rings. The highest BCUT2D eigenvalue weighted by Crippen LogP contribution is 2.25. The number of non-ortho nitro benzene ring substituents is 1. The average molecular weight is 489 g/mol. The highest BCUT2D eigenvalue weighted by Gasteiger charge is 2.28. The summed E-state index contributed by atoms with van der Waals surface area (Å²) in [4.78, 5) is 28.2. The summed E-state index contributed by atoms with van der Waals surface area (Å²) in [7, 11) is -3.60. The van der Waals surface area contributed by atoms with Gasteiger partial charge >= 0.3 is 0 Å². The molecule has 1 aromatic heterocycles. The van der Waals surface area contributed by atoms with Crippen molar-refractivity contribution < 1.29 is 18.1 Å². The zero-order chi connectivity index (χ0) is 23.8. The van der Waals surface area contributed by atoms with Gasteiger partial charge in [0, 0.05) is 37.3 Å². The first-order valence-electron chi connectivity index (χ1n) is 10.7. The van der Waals surface area contributed by atoms with Crippen LogP contribution in [-0.4, -0.2) is 41.2 Å². The third-order valence-electron chi connectivity index (χ3n) is 5.75. The number of nitro benzene ring substituents is 1. The maximum atomic E-state index is 12.9. The van der Waals surface area contributed by atoms with Crippen LogP contribution in [0.2, 0.25) is 0 Å². The Balaban J connectivity index is 1.64. The van der Waals surface area contributed by atoms with E-state index < -0.39 is 20.9 Å². The van der Waals surface area contributed by atoms with E-state index in [9.17, 15) is 23.3 Å². The van der Waals surface area contributed by atoms with Crippen molar-refractivity contribution in [3.05, 3.63) is 62.9 Å². The molecule has 0 N–H and O–H groups in total. The molecule has 3 aromatic rings. The maximum Gasteiger partial charge on any atom is 0.279 e. The summed E-state index contributed by atoms with van der Waals surface area (Å²) in [5.41, 5.74) is 1.01. The Hall–Kier alpha value is -2.89. The van der Waals surface area contributed by atoms with Crippen molar-refractivity contribution in [1.29, 1.82) is 0 Å². The largest absolute Gasteiger partial charge is 0.317 e. The van der Waals surface area contributed by atoms with Crippen molar-refractivity contribution in [2.24, 2.45) is 10.9 Å². The van der Waals surface area contributed by atoms with Crippen molar-refractivity contribution in [3.8, 4) is 0 Å². The SMILES string of the molecule is CCn1c(=NC(=O)c2ccc(S(=O)(=O)N3CCC[C@H](C)C3)cc2)sc2cc([N+](=O)[O-])ccc21. The lowest BCUT2D eigenvalue weighted by Gasteiger charge is -2.30. The number of aromatic nitrogens is 1. The van der Waals surface area contributed by atoms with Gasteiger partial charge in [-0.15, -0.1) is 0 Å². The third-order valence-corrected chi connectivity index (χ3v) is 8.67. The van der Waals surface area contributed by atoms with Crippen molar-refractivity contribution in [2.75, 3.05) is 13.1 Å². The van der Waals surface area contributed by atoms with Crippen LogP contribution in [0.25, 0.3) is 10.2 Å². The van der Waals surface area contributed by atoms with Gasteiger partial charge in [0.1, 0.15) is 0 Å². The average Bonchev–Trinajstić information content (AvgIpc) is 3.15. The van der Waals surface area contributed by atoms with Gasteiger partial charge in [-0.2, -0.15) is 9.30 Å². The van der Waals surface area contributed by atoms with Gasteiger partial charge in [0.05, 0.1) is 20.0 Å². The van der Waals surface area contributed by atoms with E-state index in [-0.39, 0.29) is 16.1 Å². The Morgan fingerprint density at radius 3 is 2.61 bits per heavy atom. The number of thiazole rings is 1. The molecule has 1 amide bonds. The summed E-state index contributed by atoms with van der Waals surface area (Å²) in [5, 5.41) is 11.1. The van der Waals surface area contributed by atoms with E-state index in [1.807, 2.05) is 18.4 Å². The Kier molecular flexibility index (Phi) is 6.46. The molecule has 0 bridgehead atoms. The minimum atomic E-state index is -3.60. The second-order valence-corrected chi connectivity index (χ2v) is 11.0. The van der Waals surface area contributed by atoms with Crippen LogP contribution in [0, 0.1) is 16.0 Å². The van der Waals surface area contributed by atoms with E-state index in [4.69, 9.17) is 0 Å². The number of sulfonamides is 1. The number of amides is 1. The van der Waals surface area contributed by atoms with Crippen LogP contribution in [0.5, 0.6) is 0 Å². The van der Waals surface area contributed by atoms with Gasteiger partial charge in [0.15, 0.2) is 4.80 Å². The number of nitro groups is 1. The van der Waals surface area contributed by atoms with Gasteiger partial charge in [-0.3, -0.25) is 14.9 Å². The molecule has 0 radical (unpaired) electrons. The van der Waals surface area contributed by atoms with E-state index in [0.29, 0.717) is 35.1 Å². The van der Waals surface area contributed by atoms with Gasteiger partial charge in [0.2, 0.25) is 10.0 Å². The molecule has 0 aliphatic carbocycles. The molecule has 1 aliphatic rings. The summed E-state index contributed by atoms with van der Waals surface area (Å²) in [6, 6.07) is 10.4. The molecule has 1 saturated heterocycles. The molecule has 1 atom stereocenters. The monoisotopic (exact) mass is 488 g/mol. The van der Waals surface area contributed by atoms with Gasteiger partial charge < -0.3 is 4.57 Å². The van der Waals surface area contributed by atoms with E-state index in [0.717, 1.165) is 18.4 Å². The lowest BCUT2D eigenvalue weighted by molar-refractivity contribution is -0.384. The first kappa shape index (κ1) is 23.3. The van der Waals surface area contributed by atoms with E-state index in [1.54, 1.807) is 6.07 Å². The maximum absolute atomic E-state index is 12.9. The van der Waals surface area contributed by atoms with Crippen molar-refractivity contribution in [2.45, 2.75) is 38.1 Å². The second kappa shape index (κ2) is 9.16. The second-order valence-electron chi connectivity index (χ2n) is 8.09. The number of nitrogens with zero attached hydrogens (tertiary/aromatic N) is 4. The molecule has 9 nitrogen and oxygen atoms in total. The highest BCUT2D eigenvalue weighted by atomic mass is 32.2. The summed E-state index contributed by atoms with van der Waals surface area (Å²) in [6.45, 7) is 5.48. The van der Waals surface area contributed by atoms with Crippen LogP contribution in [0.4, 0.5) is 5.69 Å². The standard InChI is InChI=1S/C22H24N4O5S2/c1-3-25-19-11-8-17(26(28)29)13-20(19)32-22(25)23-21(27)16-6-9-18(10-7-16)33(30,31)24-12-4-5-15(2)14-24/h6-11,13,15H,3-5,12,14H2,1-2H3/t15-/m0/s1. The van der Waals surface area contributed by atoms with Crippen LogP contribution in [0.15, 0.2) is 52.4 Å². The number of fused-ring (bicyclic) bond motifs is 1. The molecule has 0 spiro atoms. The zero-order valence-electron chi connectivity index (χ0n) is 18.3. The smallest absolute Gasteiger partial charge is 0.279 e. The zero-order valence-corrected chi connectivity index (χ0v) is 19.9. The van der Waals surface area contributed by atoms with Crippen molar-refractivity contribution >= 4 is 43.2 Å². The predicted molar refractivity (Wildman–Crippen MR) is 126 cm³/mol. The summed E-state index contributed by atoms with van der Waals surface area (Å²) >= 11 is 1.20. The molecule has 2 aromatic carbocycles. The number of hydrogen-bond donors (Lipinski definition) is 0. The molecule has 0 unspecified atom stereocenters. The van der Waals surface area contributed by atoms with Crippen LogP contribution in [0.3, 0.4) is 0 Å². The Morgan fingerprint density at radius 1 is 1.24 bits per heavy atom. The Morgan fingerprint density at radius 2 is 1.97 bits per heavy atom. The lowest BCUT2D eigenvalue weighted by Crippen LogP contribution is -2.39. The first-order valence-corrected chi connectivity index (χ1v) is 12.9. The van der Waals surface area contributed by atoms with Gasteiger partial charge in [-0.25, -0.2) is 8.42 Å².